The zero-order valence-corrected chi connectivity index (χ0v) is 38.2. The number of para-hydroxylation sites is 1. The summed E-state index contributed by atoms with van der Waals surface area (Å²) in [6, 6.07) is 18.0. The van der Waals surface area contributed by atoms with Crippen LogP contribution in [-0.4, -0.2) is 96.4 Å². The molecule has 1 aromatic heterocycles. The maximum atomic E-state index is 13.9. The highest BCUT2D eigenvalue weighted by Gasteiger charge is 2.43. The number of aryl methyl sites for hydroxylation is 4. The number of anilines is 1. The Morgan fingerprint density at radius 3 is 2.15 bits per heavy atom. The Morgan fingerprint density at radius 2 is 1.45 bits per heavy atom. The number of piperidine rings is 1. The van der Waals surface area contributed by atoms with Crippen LogP contribution >= 0.6 is 0 Å². The summed E-state index contributed by atoms with van der Waals surface area (Å²) >= 11 is 0. The monoisotopic (exact) mass is 908 g/mol. The summed E-state index contributed by atoms with van der Waals surface area (Å²) in [4.78, 5) is 77.9. The summed E-state index contributed by atoms with van der Waals surface area (Å²) in [6.45, 7) is 5.38. The maximum Gasteiger partial charge on any atom is 0.329 e. The number of ketones is 1. The van der Waals surface area contributed by atoms with Crippen LogP contribution in [0.3, 0.4) is 0 Å². The van der Waals surface area contributed by atoms with Gasteiger partial charge in [0.25, 0.3) is 0 Å². The van der Waals surface area contributed by atoms with Gasteiger partial charge in [-0.05, 0) is 104 Å². The summed E-state index contributed by atoms with van der Waals surface area (Å²) in [6.07, 6.45) is 5.85. The second-order valence-electron chi connectivity index (χ2n) is 17.8. The molecule has 3 aliphatic heterocycles. The number of aromatic nitrogens is 2. The van der Waals surface area contributed by atoms with E-state index in [9.17, 15) is 28.8 Å². The first-order valence-corrected chi connectivity index (χ1v) is 23.4. The number of amides is 4. The van der Waals surface area contributed by atoms with Crippen LogP contribution in [0.25, 0.3) is 11.0 Å². The van der Waals surface area contributed by atoms with Crippen molar-refractivity contribution >= 4 is 46.1 Å². The molecule has 3 aromatic carbocycles. The average Bonchev–Trinajstić information content (AvgIpc) is 3.77. The second-order valence-corrected chi connectivity index (χ2v) is 17.8. The number of nitrogens with zero attached hydrogens (tertiary/aromatic N) is 3. The number of hydrogen-bond donors (Lipinski definition) is 3. The van der Waals surface area contributed by atoms with E-state index in [4.69, 9.17) is 30.4 Å². The highest BCUT2D eigenvalue weighted by Crippen LogP contribution is 2.40. The van der Waals surface area contributed by atoms with Crippen LogP contribution in [0.2, 0.25) is 0 Å². The number of fused-ring (bicyclic) bond motifs is 1. The molecular weight excluding hydrogens is 845 g/mol. The second kappa shape index (κ2) is 22.8. The third-order valence-corrected chi connectivity index (χ3v) is 13.2. The first kappa shape index (κ1) is 48.4. The van der Waals surface area contributed by atoms with Crippen molar-refractivity contribution in [2.24, 2.45) is 24.4 Å². The number of carbonyl (C=O) groups is 5. The Bertz CT molecular complexity index is 2430. The zero-order chi connectivity index (χ0) is 46.7. The van der Waals surface area contributed by atoms with Crippen molar-refractivity contribution in [1.82, 2.24) is 14.5 Å². The minimum atomic E-state index is -0.702. The van der Waals surface area contributed by atoms with Crippen LogP contribution in [0.5, 0.6) is 0 Å². The van der Waals surface area contributed by atoms with E-state index in [1.165, 1.54) is 10.1 Å². The first-order valence-electron chi connectivity index (χ1n) is 23.4. The highest BCUT2D eigenvalue weighted by atomic mass is 16.5. The van der Waals surface area contributed by atoms with Crippen LogP contribution in [0, 0.1) is 5.92 Å². The fourth-order valence-corrected chi connectivity index (χ4v) is 9.39. The van der Waals surface area contributed by atoms with Crippen LogP contribution in [-0.2, 0) is 82.3 Å². The molecule has 5 atom stereocenters. The van der Waals surface area contributed by atoms with Crippen LogP contribution in [0.1, 0.15) is 92.1 Å². The smallest absolute Gasteiger partial charge is 0.329 e. The third-order valence-electron chi connectivity index (χ3n) is 13.2. The van der Waals surface area contributed by atoms with Gasteiger partial charge in [-0.2, -0.15) is 0 Å². The fourth-order valence-electron chi connectivity index (χ4n) is 9.39. The molecule has 0 spiro atoms. The van der Waals surface area contributed by atoms with Crippen LogP contribution in [0.15, 0.2) is 65.5 Å². The van der Waals surface area contributed by atoms with E-state index in [2.05, 4.69) is 17.4 Å². The molecule has 4 aromatic rings. The van der Waals surface area contributed by atoms with Gasteiger partial charge in [-0.25, -0.2) is 4.79 Å². The fraction of sp³-hybridized carbons (Fsp3) is 0.520. The van der Waals surface area contributed by atoms with Crippen molar-refractivity contribution in [3.8, 4) is 0 Å². The number of primary amides is 1. The van der Waals surface area contributed by atoms with Gasteiger partial charge in [-0.3, -0.25) is 43.3 Å². The molecule has 1 fully saturated rings. The SMILES string of the molecule is C[C@@H](OCc1ccc(CCCOCCOCCOCCCc2ccc3c(c2)n(C)c(=O)n3C2CCC(=O)NC2=O)cc1)[C@H](CCC(N)=O)CC(=O)[C@@H]1Cc2cccc3c2N1C(=O)[C@@H](N)CC3. The molecule has 4 heterocycles. The molecule has 16 heteroatoms. The number of nitrogens with two attached hydrogens (primary N) is 2. The molecule has 1 saturated heterocycles. The molecule has 0 saturated carbocycles. The Labute approximate surface area is 385 Å². The summed E-state index contributed by atoms with van der Waals surface area (Å²) in [7, 11) is 1.69. The highest BCUT2D eigenvalue weighted by molar-refractivity contribution is 6.07. The first-order chi connectivity index (χ1) is 31.9. The van der Waals surface area contributed by atoms with Gasteiger partial charge >= 0.3 is 5.69 Å². The lowest BCUT2D eigenvalue weighted by molar-refractivity contribution is -0.135. The van der Waals surface area contributed by atoms with Crippen molar-refractivity contribution in [2.45, 2.75) is 115 Å². The quantitative estimate of drug-likeness (QED) is 0.0640. The predicted molar refractivity (Wildman–Crippen MR) is 248 cm³/mol. The Hall–Kier alpha value is -5.52. The molecular formula is C50H64N6O10. The molecule has 4 amide bonds. The predicted octanol–water partition coefficient (Wildman–Crippen LogP) is 3.91. The number of imidazole rings is 1. The molecule has 16 nitrogen and oxygen atoms in total. The van der Waals surface area contributed by atoms with E-state index in [1.807, 2.05) is 55.5 Å². The standard InChI is InChI=1S/C50H64N6O10/c1-32(37(16-20-45(52)58)30-44(57)43-29-38-9-3-8-36-15-17-39(51)49(61)56(43)47(36)38)66-31-35-12-10-33(11-13-35)6-4-22-63-24-26-65-27-25-64-23-5-7-34-14-18-40-42(28-34)54(2)50(62)55(40)41-19-21-46(59)53-48(41)60/h3,8-14,18,28,32,37,39,41,43H,4-7,15-17,19-27,29-31,51H2,1-2H3,(H2,52,58)(H,53,59,60)/t32-,37-,39+,41?,43+/m1/s1. The van der Waals surface area contributed by atoms with Crippen molar-refractivity contribution in [1.29, 1.82) is 0 Å². The van der Waals surface area contributed by atoms with Gasteiger partial charge < -0.3 is 30.4 Å². The number of carbonyl (C=O) groups excluding carboxylic acids is 5. The van der Waals surface area contributed by atoms with E-state index < -0.39 is 29.9 Å². The number of rotatable bonds is 25. The Kier molecular flexibility index (Phi) is 16.7. The van der Waals surface area contributed by atoms with Crippen LogP contribution < -0.4 is 27.4 Å². The molecule has 354 valence electrons. The molecule has 7 rings (SSSR count). The molecule has 0 radical (unpaired) electrons. The minimum absolute atomic E-state index is 0.0629. The van der Waals surface area contributed by atoms with E-state index in [1.54, 1.807) is 16.5 Å². The van der Waals surface area contributed by atoms with Gasteiger partial charge in [0.2, 0.25) is 23.6 Å². The molecule has 66 heavy (non-hydrogen) atoms. The largest absolute Gasteiger partial charge is 0.379 e. The van der Waals surface area contributed by atoms with Gasteiger partial charge in [-0.15, -0.1) is 0 Å². The van der Waals surface area contributed by atoms with E-state index in [-0.39, 0.29) is 54.6 Å². The summed E-state index contributed by atoms with van der Waals surface area (Å²) in [5.41, 5.74) is 19.0. The molecule has 0 aliphatic carbocycles. The van der Waals surface area contributed by atoms with Crippen LogP contribution in [0.4, 0.5) is 5.69 Å². The Morgan fingerprint density at radius 1 is 0.803 bits per heavy atom. The van der Waals surface area contributed by atoms with Crippen molar-refractivity contribution in [2.75, 3.05) is 44.5 Å². The third kappa shape index (κ3) is 11.9. The topological polar surface area (TPSA) is 217 Å². The molecule has 5 N–H and O–H groups in total. The minimum Gasteiger partial charge on any atom is -0.379 e. The number of hydrogen-bond acceptors (Lipinski definition) is 11. The lowest BCUT2D eigenvalue weighted by Gasteiger charge is -2.29. The Balaban J connectivity index is 0.745. The van der Waals surface area contributed by atoms with Gasteiger partial charge in [0, 0.05) is 45.9 Å². The summed E-state index contributed by atoms with van der Waals surface area (Å²) < 4.78 is 26.5. The van der Waals surface area contributed by atoms with E-state index >= 15 is 0 Å². The maximum absolute atomic E-state index is 13.9. The lowest BCUT2D eigenvalue weighted by Crippen LogP contribution is -2.50. The van der Waals surface area contributed by atoms with Gasteiger partial charge in [0.15, 0.2) is 5.78 Å². The number of imide groups is 1. The van der Waals surface area contributed by atoms with Gasteiger partial charge in [0.05, 0.1) is 67.9 Å². The zero-order valence-electron chi connectivity index (χ0n) is 38.2. The molecule has 0 bridgehead atoms. The number of benzene rings is 3. The molecule has 3 aliphatic rings. The van der Waals surface area contributed by atoms with Crippen molar-refractivity contribution < 1.29 is 42.9 Å². The number of Topliss-reactive ketones (excluding diaryl/α,β-unsaturated/α-hetero) is 1. The normalized spacial score (nSPS) is 19.2. The van der Waals surface area contributed by atoms with Crippen molar-refractivity contribution in [3.05, 3.63) is 99.0 Å². The number of ether oxygens (including phenoxy) is 4. The summed E-state index contributed by atoms with van der Waals surface area (Å²) in [5, 5.41) is 2.34. The van der Waals surface area contributed by atoms with E-state index in [0.29, 0.717) is 83.9 Å². The number of nitrogens with one attached hydrogen (secondary N) is 1. The average molecular weight is 909 g/mol. The summed E-state index contributed by atoms with van der Waals surface area (Å²) in [5.74, 6) is -1.73. The molecule has 1 unspecified atom stereocenters. The van der Waals surface area contributed by atoms with Gasteiger partial charge in [0.1, 0.15) is 6.04 Å². The van der Waals surface area contributed by atoms with E-state index in [0.717, 1.165) is 59.1 Å². The lowest BCUT2D eigenvalue weighted by atomic mass is 9.89. The van der Waals surface area contributed by atoms with Crippen molar-refractivity contribution in [3.63, 3.8) is 0 Å². The van der Waals surface area contributed by atoms with Gasteiger partial charge in [-0.1, -0.05) is 48.5 Å².